The van der Waals surface area contributed by atoms with Crippen LogP contribution >= 0.6 is 12.2 Å². The van der Waals surface area contributed by atoms with Crippen molar-refractivity contribution in [1.82, 2.24) is 5.32 Å². The molecule has 3 N–H and O–H groups in total. The van der Waals surface area contributed by atoms with Crippen LogP contribution in [0.15, 0.2) is 4.99 Å². The summed E-state index contributed by atoms with van der Waals surface area (Å²) >= 11 is 4.80. The average Bonchev–Trinajstić information content (AvgIpc) is 2.03. The third-order valence-electron chi connectivity index (χ3n) is 2.85. The molecule has 1 heterocycles. The number of thiocarbonyl (C=S) groups is 1. The van der Waals surface area contributed by atoms with Gasteiger partial charge in [0, 0.05) is 0 Å². The van der Waals surface area contributed by atoms with E-state index in [4.69, 9.17) is 18.0 Å². The number of carbonyl (C=O) groups is 1. The Morgan fingerprint density at radius 2 is 2.21 bits per heavy atom. The second kappa shape index (κ2) is 3.65. The number of hydrogen-bond acceptors (Lipinski definition) is 3. The lowest BCUT2D eigenvalue weighted by Crippen LogP contribution is -2.57. The van der Waals surface area contributed by atoms with Gasteiger partial charge in [-0.1, -0.05) is 20.8 Å². The Labute approximate surface area is 89.0 Å². The van der Waals surface area contributed by atoms with Crippen molar-refractivity contribution in [2.75, 3.05) is 0 Å². The molecule has 0 aliphatic carbocycles. The maximum atomic E-state index is 11.9. The lowest BCUT2D eigenvalue weighted by Gasteiger charge is -2.36. The smallest absolute Gasteiger partial charge is 0.240 e. The summed E-state index contributed by atoms with van der Waals surface area (Å²) in [6.45, 7) is 5.84. The fourth-order valence-corrected chi connectivity index (χ4v) is 2.06. The second-order valence-electron chi connectivity index (χ2n) is 3.74. The lowest BCUT2D eigenvalue weighted by atomic mass is 9.72. The maximum absolute atomic E-state index is 11.9. The largest absolute Gasteiger partial charge is 0.386 e. The first-order chi connectivity index (χ1) is 6.45. The van der Waals surface area contributed by atoms with Crippen LogP contribution < -0.4 is 11.1 Å². The number of amidine groups is 1. The van der Waals surface area contributed by atoms with Crippen molar-refractivity contribution in [3.8, 4) is 0 Å². The predicted octanol–water partition coefficient (Wildman–Crippen LogP) is 0.811. The van der Waals surface area contributed by atoms with Crippen molar-refractivity contribution in [3.05, 3.63) is 0 Å². The van der Waals surface area contributed by atoms with Gasteiger partial charge in [0.25, 0.3) is 0 Å². The second-order valence-corrected chi connectivity index (χ2v) is 4.12. The summed E-state index contributed by atoms with van der Waals surface area (Å²) in [6.07, 6.45) is 0.633. The molecule has 0 radical (unpaired) electrons. The van der Waals surface area contributed by atoms with Crippen LogP contribution in [0.2, 0.25) is 0 Å². The molecule has 0 aromatic rings. The van der Waals surface area contributed by atoms with E-state index in [-0.39, 0.29) is 16.9 Å². The van der Waals surface area contributed by atoms with Gasteiger partial charge < -0.3 is 11.1 Å². The summed E-state index contributed by atoms with van der Waals surface area (Å²) in [7, 11) is 0. The van der Waals surface area contributed by atoms with E-state index in [9.17, 15) is 4.79 Å². The van der Waals surface area contributed by atoms with E-state index >= 15 is 0 Å². The first-order valence-corrected chi connectivity index (χ1v) is 5.06. The predicted molar refractivity (Wildman–Crippen MR) is 59.9 cm³/mol. The lowest BCUT2D eigenvalue weighted by molar-refractivity contribution is -0.128. The van der Waals surface area contributed by atoms with Crippen LogP contribution in [-0.2, 0) is 4.79 Å². The van der Waals surface area contributed by atoms with Crippen LogP contribution in [0.3, 0.4) is 0 Å². The van der Waals surface area contributed by atoms with Crippen molar-refractivity contribution >= 4 is 29.1 Å². The van der Waals surface area contributed by atoms with Gasteiger partial charge in [-0.15, -0.1) is 0 Å². The number of rotatable bonds is 2. The Bertz CT molecular complexity index is 311. The molecule has 5 heteroatoms. The van der Waals surface area contributed by atoms with E-state index in [0.29, 0.717) is 12.3 Å². The van der Waals surface area contributed by atoms with Gasteiger partial charge >= 0.3 is 0 Å². The molecule has 0 saturated carbocycles. The molecule has 4 nitrogen and oxygen atoms in total. The topological polar surface area (TPSA) is 67.5 Å². The van der Waals surface area contributed by atoms with Crippen LogP contribution in [0.5, 0.6) is 0 Å². The summed E-state index contributed by atoms with van der Waals surface area (Å²) in [5.74, 6) is 0.315. The van der Waals surface area contributed by atoms with Crippen LogP contribution in [0, 0.1) is 11.3 Å². The molecule has 0 fully saturated rings. The van der Waals surface area contributed by atoms with Crippen molar-refractivity contribution in [3.63, 3.8) is 0 Å². The highest BCUT2D eigenvalue weighted by atomic mass is 32.1. The summed E-state index contributed by atoms with van der Waals surface area (Å²) in [6, 6.07) is 0. The van der Waals surface area contributed by atoms with Crippen molar-refractivity contribution < 1.29 is 4.79 Å². The molecule has 1 aliphatic rings. The maximum Gasteiger partial charge on any atom is 0.240 e. The highest BCUT2D eigenvalue weighted by Gasteiger charge is 2.46. The minimum Gasteiger partial charge on any atom is -0.386 e. The highest BCUT2D eigenvalue weighted by molar-refractivity contribution is 7.80. The number of nitrogens with zero attached hydrogens (tertiary/aromatic N) is 1. The van der Waals surface area contributed by atoms with Crippen LogP contribution in [0.1, 0.15) is 27.2 Å². The molecule has 0 spiro atoms. The van der Waals surface area contributed by atoms with E-state index in [1.807, 2.05) is 20.8 Å². The third-order valence-corrected chi connectivity index (χ3v) is 3.04. The summed E-state index contributed by atoms with van der Waals surface area (Å²) in [5.41, 5.74) is 5.12. The van der Waals surface area contributed by atoms with E-state index in [1.54, 1.807) is 0 Å². The Hall–Kier alpha value is -0.970. The highest BCUT2D eigenvalue weighted by Crippen LogP contribution is 2.33. The Balaban J connectivity index is 3.23. The molecular weight excluding hydrogens is 198 g/mol. The Kier molecular flexibility index (Phi) is 2.89. The molecule has 1 aliphatic heterocycles. The molecular formula is C9H15N3OS. The summed E-state index contributed by atoms with van der Waals surface area (Å²) in [4.78, 5) is 15.8. The number of hydrogen-bond donors (Lipinski definition) is 2. The first kappa shape index (κ1) is 11.1. The van der Waals surface area contributed by atoms with Gasteiger partial charge in [0.15, 0.2) is 0 Å². The quantitative estimate of drug-likeness (QED) is 0.667. The third kappa shape index (κ3) is 1.41. The Morgan fingerprint density at radius 1 is 1.64 bits per heavy atom. The minimum atomic E-state index is -0.692. The zero-order valence-electron chi connectivity index (χ0n) is 8.63. The van der Waals surface area contributed by atoms with Gasteiger partial charge in [-0.25, -0.2) is 4.99 Å². The van der Waals surface area contributed by atoms with Gasteiger partial charge in [0.1, 0.15) is 11.3 Å². The van der Waals surface area contributed by atoms with Crippen molar-refractivity contribution in [2.24, 2.45) is 22.1 Å². The van der Waals surface area contributed by atoms with Gasteiger partial charge in [-0.3, -0.25) is 4.79 Å². The average molecular weight is 213 g/mol. The van der Waals surface area contributed by atoms with Crippen molar-refractivity contribution in [2.45, 2.75) is 27.2 Å². The number of aliphatic imine (C=N–C) groups is 1. The van der Waals surface area contributed by atoms with E-state index in [0.717, 1.165) is 0 Å². The van der Waals surface area contributed by atoms with E-state index in [1.165, 1.54) is 0 Å². The fraction of sp³-hybridized carbons (Fsp3) is 0.667. The molecule has 1 rings (SSSR count). The van der Waals surface area contributed by atoms with Gasteiger partial charge in [0.2, 0.25) is 11.0 Å². The summed E-state index contributed by atoms with van der Waals surface area (Å²) < 4.78 is 0. The molecule has 0 aromatic heterocycles. The summed E-state index contributed by atoms with van der Waals surface area (Å²) in [5, 5.41) is 2.72. The molecule has 1 amide bonds. The molecule has 78 valence electrons. The molecule has 14 heavy (non-hydrogen) atoms. The zero-order valence-corrected chi connectivity index (χ0v) is 9.44. The van der Waals surface area contributed by atoms with E-state index in [2.05, 4.69) is 10.3 Å². The fourth-order valence-electron chi connectivity index (χ4n) is 1.87. The standard InChI is InChI=1S/C9H15N3OS/c1-4-9(5(2)3)6(10)11-8(14)12-7(9)13/h5H,4H2,1-3H3,(H3,10,11,12,13,14). The number of nitrogens with two attached hydrogens (primary N) is 1. The molecule has 1 atom stereocenters. The molecule has 0 aromatic carbocycles. The van der Waals surface area contributed by atoms with Gasteiger partial charge in [-0.2, -0.15) is 0 Å². The zero-order chi connectivity index (χ0) is 10.9. The number of nitrogens with one attached hydrogen (secondary N) is 1. The van der Waals surface area contributed by atoms with Crippen LogP contribution in [-0.4, -0.2) is 16.9 Å². The SMILES string of the molecule is CCC1(C(C)C)C(=O)NC(=S)N=C1N. The number of amides is 1. The first-order valence-electron chi connectivity index (χ1n) is 4.65. The van der Waals surface area contributed by atoms with E-state index < -0.39 is 5.41 Å². The molecule has 1 unspecified atom stereocenters. The minimum absolute atomic E-state index is 0.111. The van der Waals surface area contributed by atoms with Crippen molar-refractivity contribution in [1.29, 1.82) is 0 Å². The molecule has 0 bridgehead atoms. The molecule has 0 saturated heterocycles. The Morgan fingerprint density at radius 3 is 2.57 bits per heavy atom. The van der Waals surface area contributed by atoms with Gasteiger partial charge in [-0.05, 0) is 24.6 Å². The van der Waals surface area contributed by atoms with Gasteiger partial charge in [0.05, 0.1) is 0 Å². The normalized spacial score (nSPS) is 27.6. The van der Waals surface area contributed by atoms with Crippen LogP contribution in [0.4, 0.5) is 0 Å². The monoisotopic (exact) mass is 213 g/mol. The van der Waals surface area contributed by atoms with Crippen LogP contribution in [0.25, 0.3) is 0 Å². The number of carbonyl (C=O) groups excluding carboxylic acids is 1.